The number of anilines is 1. The SMILES string of the molecule is CCOC(=O)C/C(C)=N/Nc1ccc(S(=O)(=O)O)cc1Cl. The number of nitrogens with one attached hydrogen (secondary N) is 1. The van der Waals surface area contributed by atoms with Crippen molar-refractivity contribution >= 4 is 39.1 Å². The van der Waals surface area contributed by atoms with Crippen LogP contribution in [0.4, 0.5) is 5.69 Å². The molecule has 116 valence electrons. The number of nitrogens with zero attached hydrogens (tertiary/aromatic N) is 1. The number of carbonyl (C=O) groups excluding carboxylic acids is 1. The monoisotopic (exact) mass is 334 g/mol. The topological polar surface area (TPSA) is 105 Å². The number of halogens is 1. The molecule has 2 N–H and O–H groups in total. The first kappa shape index (κ1) is 17.4. The highest BCUT2D eigenvalue weighted by molar-refractivity contribution is 7.85. The van der Waals surface area contributed by atoms with Gasteiger partial charge in [0.1, 0.15) is 0 Å². The number of hydrogen-bond acceptors (Lipinski definition) is 6. The normalized spacial score (nSPS) is 12.1. The van der Waals surface area contributed by atoms with Crippen LogP contribution in [0, 0.1) is 0 Å². The van der Waals surface area contributed by atoms with Crippen molar-refractivity contribution in [2.45, 2.75) is 25.2 Å². The second kappa shape index (κ2) is 7.39. The molecule has 9 heteroatoms. The van der Waals surface area contributed by atoms with Crippen molar-refractivity contribution in [1.82, 2.24) is 0 Å². The summed E-state index contributed by atoms with van der Waals surface area (Å²) in [5.41, 5.74) is 3.43. The molecule has 0 atom stereocenters. The Hall–Kier alpha value is -1.64. The molecule has 0 aromatic heterocycles. The van der Waals surface area contributed by atoms with Crippen LogP contribution in [-0.4, -0.2) is 31.3 Å². The van der Waals surface area contributed by atoms with Crippen LogP contribution in [-0.2, 0) is 19.6 Å². The van der Waals surface area contributed by atoms with Gasteiger partial charge in [-0.1, -0.05) is 11.6 Å². The molecule has 0 aliphatic carbocycles. The molecule has 7 nitrogen and oxygen atoms in total. The number of esters is 1. The minimum atomic E-state index is -4.30. The van der Waals surface area contributed by atoms with Crippen molar-refractivity contribution in [1.29, 1.82) is 0 Å². The Morgan fingerprint density at radius 3 is 2.67 bits per heavy atom. The Labute approximate surface area is 127 Å². The zero-order valence-corrected chi connectivity index (χ0v) is 13.0. The van der Waals surface area contributed by atoms with Crippen LogP contribution in [0.3, 0.4) is 0 Å². The number of rotatable bonds is 6. The molecule has 1 aromatic rings. The maximum absolute atomic E-state index is 11.2. The summed E-state index contributed by atoms with van der Waals surface area (Å²) >= 11 is 5.88. The maximum Gasteiger partial charge on any atom is 0.311 e. The molecule has 21 heavy (non-hydrogen) atoms. The van der Waals surface area contributed by atoms with E-state index in [0.29, 0.717) is 18.0 Å². The van der Waals surface area contributed by atoms with Gasteiger partial charge in [0.2, 0.25) is 0 Å². The van der Waals surface area contributed by atoms with Gasteiger partial charge in [0.15, 0.2) is 0 Å². The first-order valence-corrected chi connectivity index (χ1v) is 7.77. The largest absolute Gasteiger partial charge is 0.466 e. The summed E-state index contributed by atoms with van der Waals surface area (Å²) < 4.78 is 35.5. The van der Waals surface area contributed by atoms with Crippen LogP contribution in [0.1, 0.15) is 20.3 Å². The molecular formula is C12H15ClN2O5S. The third-order valence-corrected chi connectivity index (χ3v) is 3.47. The summed E-state index contributed by atoms with van der Waals surface area (Å²) in [7, 11) is -4.30. The molecule has 0 fully saturated rings. The van der Waals surface area contributed by atoms with Gasteiger partial charge < -0.3 is 4.74 Å². The molecular weight excluding hydrogens is 320 g/mol. The Morgan fingerprint density at radius 2 is 2.14 bits per heavy atom. The van der Waals surface area contributed by atoms with E-state index in [-0.39, 0.29) is 16.3 Å². The van der Waals surface area contributed by atoms with E-state index >= 15 is 0 Å². The van der Waals surface area contributed by atoms with Gasteiger partial charge in [0.05, 0.1) is 28.6 Å². The maximum atomic E-state index is 11.2. The molecule has 0 aliphatic rings. The van der Waals surface area contributed by atoms with Crippen molar-refractivity contribution in [2.24, 2.45) is 5.10 Å². The smallest absolute Gasteiger partial charge is 0.311 e. The van der Waals surface area contributed by atoms with Crippen molar-refractivity contribution < 1.29 is 22.5 Å². The number of hydrazone groups is 1. The average Bonchev–Trinajstić information content (AvgIpc) is 2.36. The summed E-state index contributed by atoms with van der Waals surface area (Å²) in [4.78, 5) is 10.9. The van der Waals surface area contributed by atoms with E-state index in [1.54, 1.807) is 13.8 Å². The molecule has 0 aliphatic heterocycles. The lowest BCUT2D eigenvalue weighted by Gasteiger charge is -2.06. The van der Waals surface area contributed by atoms with Gasteiger partial charge >= 0.3 is 5.97 Å². The fourth-order valence-electron chi connectivity index (χ4n) is 1.36. The van der Waals surface area contributed by atoms with Crippen molar-refractivity contribution in [3.05, 3.63) is 23.2 Å². The van der Waals surface area contributed by atoms with Crippen LogP contribution in [0.2, 0.25) is 5.02 Å². The first-order valence-electron chi connectivity index (χ1n) is 5.96. The third-order valence-electron chi connectivity index (χ3n) is 2.31. The lowest BCUT2D eigenvalue weighted by molar-refractivity contribution is -0.141. The summed E-state index contributed by atoms with van der Waals surface area (Å²) in [6, 6.07) is 3.63. The van der Waals surface area contributed by atoms with Crippen LogP contribution in [0.5, 0.6) is 0 Å². The molecule has 0 unspecified atom stereocenters. The number of ether oxygens (including phenoxy) is 1. The van der Waals surface area contributed by atoms with E-state index in [4.69, 9.17) is 20.9 Å². The quantitative estimate of drug-likeness (QED) is 0.358. The van der Waals surface area contributed by atoms with Crippen LogP contribution in [0.15, 0.2) is 28.2 Å². The summed E-state index contributed by atoms with van der Waals surface area (Å²) in [5, 5.41) is 4.01. The summed E-state index contributed by atoms with van der Waals surface area (Å²) in [6.07, 6.45) is 0.0293. The Bertz CT molecular complexity index is 658. The van der Waals surface area contributed by atoms with E-state index in [0.717, 1.165) is 6.07 Å². The molecule has 0 saturated carbocycles. The molecule has 0 saturated heterocycles. The zero-order chi connectivity index (χ0) is 16.0. The minimum Gasteiger partial charge on any atom is -0.466 e. The second-order valence-corrected chi connectivity index (χ2v) is 5.89. The van der Waals surface area contributed by atoms with Gasteiger partial charge in [-0.3, -0.25) is 14.8 Å². The van der Waals surface area contributed by atoms with Gasteiger partial charge in [-0.25, -0.2) is 0 Å². The molecule has 0 spiro atoms. The molecule has 0 radical (unpaired) electrons. The van der Waals surface area contributed by atoms with Crippen LogP contribution in [0.25, 0.3) is 0 Å². The van der Waals surface area contributed by atoms with Gasteiger partial charge in [0, 0.05) is 5.71 Å². The lowest BCUT2D eigenvalue weighted by atomic mass is 10.3. The number of carbonyl (C=O) groups is 1. The predicted molar refractivity (Wildman–Crippen MR) is 79.2 cm³/mol. The summed E-state index contributed by atoms with van der Waals surface area (Å²) in [5.74, 6) is -0.395. The Morgan fingerprint density at radius 1 is 1.48 bits per heavy atom. The van der Waals surface area contributed by atoms with E-state index in [9.17, 15) is 13.2 Å². The highest BCUT2D eigenvalue weighted by Gasteiger charge is 2.12. The van der Waals surface area contributed by atoms with Crippen molar-refractivity contribution in [3.8, 4) is 0 Å². The van der Waals surface area contributed by atoms with E-state index in [2.05, 4.69) is 10.5 Å². The summed E-state index contributed by atoms with van der Waals surface area (Å²) in [6.45, 7) is 3.63. The Kier molecular flexibility index (Phi) is 6.13. The Balaban J connectivity index is 2.78. The first-order chi connectivity index (χ1) is 9.74. The van der Waals surface area contributed by atoms with Crippen molar-refractivity contribution in [3.63, 3.8) is 0 Å². The standard InChI is InChI=1S/C12H15ClN2O5S/c1-3-20-12(16)6-8(2)14-15-11-5-4-9(7-10(11)13)21(17,18)19/h4-5,7,15H,3,6H2,1-2H3,(H,17,18,19)/b14-8+. The predicted octanol–water partition coefficient (Wildman–Crippen LogP) is 2.33. The highest BCUT2D eigenvalue weighted by Crippen LogP contribution is 2.25. The highest BCUT2D eigenvalue weighted by atomic mass is 35.5. The van der Waals surface area contributed by atoms with E-state index < -0.39 is 16.1 Å². The minimum absolute atomic E-state index is 0.0293. The zero-order valence-electron chi connectivity index (χ0n) is 11.5. The van der Waals surface area contributed by atoms with Gasteiger partial charge in [-0.15, -0.1) is 0 Å². The number of benzene rings is 1. The number of hydrogen-bond donors (Lipinski definition) is 2. The molecule has 1 aromatic carbocycles. The van der Waals surface area contributed by atoms with E-state index in [1.165, 1.54) is 12.1 Å². The van der Waals surface area contributed by atoms with Gasteiger partial charge in [0.25, 0.3) is 10.1 Å². The molecule has 1 rings (SSSR count). The molecule has 0 amide bonds. The van der Waals surface area contributed by atoms with Gasteiger partial charge in [-0.05, 0) is 32.0 Å². The van der Waals surface area contributed by atoms with Gasteiger partial charge in [-0.2, -0.15) is 13.5 Å². The van der Waals surface area contributed by atoms with Crippen molar-refractivity contribution in [2.75, 3.05) is 12.0 Å². The van der Waals surface area contributed by atoms with Crippen LogP contribution >= 0.6 is 11.6 Å². The molecule has 0 bridgehead atoms. The fourth-order valence-corrected chi connectivity index (χ4v) is 2.16. The van der Waals surface area contributed by atoms with E-state index in [1.807, 2.05) is 0 Å². The lowest BCUT2D eigenvalue weighted by Crippen LogP contribution is -2.10. The van der Waals surface area contributed by atoms with Crippen LogP contribution < -0.4 is 5.43 Å². The third kappa shape index (κ3) is 5.70. The molecule has 0 heterocycles. The second-order valence-electron chi connectivity index (χ2n) is 4.06. The average molecular weight is 335 g/mol. The fraction of sp³-hybridized carbons (Fsp3) is 0.333.